The Kier molecular flexibility index (Phi) is 6.05. The first-order chi connectivity index (χ1) is 16.4. The minimum absolute atomic E-state index is 0.0580. The van der Waals surface area contributed by atoms with Crippen LogP contribution in [0.5, 0.6) is 11.5 Å². The van der Waals surface area contributed by atoms with Crippen LogP contribution in [0.25, 0.3) is 5.69 Å². The van der Waals surface area contributed by atoms with Gasteiger partial charge in [-0.05, 0) is 42.7 Å². The van der Waals surface area contributed by atoms with Crippen LogP contribution < -0.4 is 19.6 Å². The van der Waals surface area contributed by atoms with Crippen molar-refractivity contribution in [2.24, 2.45) is 4.99 Å². The number of nitrogens with zero attached hydrogens (tertiary/aromatic N) is 3. The fourth-order valence-corrected chi connectivity index (χ4v) is 4.76. The highest BCUT2D eigenvalue weighted by atomic mass is 32.1. The van der Waals surface area contributed by atoms with Crippen molar-refractivity contribution in [3.8, 4) is 17.2 Å². The molecule has 2 aliphatic heterocycles. The number of ether oxygens (including phenoxy) is 2. The molecule has 0 unspecified atom stereocenters. The number of aromatic nitrogens is 1. The third-order valence-electron chi connectivity index (χ3n) is 5.47. The number of fused-ring (bicyclic) bond motifs is 1. The molecule has 2 aliphatic rings. The predicted octanol–water partition coefficient (Wildman–Crippen LogP) is 4.41. The van der Waals surface area contributed by atoms with Crippen LogP contribution in [0, 0.1) is 5.82 Å². The van der Waals surface area contributed by atoms with Crippen LogP contribution in [0.3, 0.4) is 0 Å². The van der Waals surface area contributed by atoms with E-state index in [1.165, 1.54) is 35.6 Å². The number of amides is 2. The fraction of sp³-hybridized carbons (Fsp3) is 0.304. The van der Waals surface area contributed by atoms with Crippen molar-refractivity contribution in [1.82, 2.24) is 14.8 Å². The number of thiazole rings is 1. The van der Waals surface area contributed by atoms with Gasteiger partial charge >= 0.3 is 12.3 Å². The van der Waals surface area contributed by atoms with Gasteiger partial charge in [-0.1, -0.05) is 23.5 Å². The predicted molar refractivity (Wildman–Crippen MR) is 119 cm³/mol. The molecule has 1 fully saturated rings. The second-order valence-corrected chi connectivity index (χ2v) is 9.06. The summed E-state index contributed by atoms with van der Waals surface area (Å²) in [5, 5.41) is 3.28. The van der Waals surface area contributed by atoms with Crippen LogP contribution in [-0.2, 0) is 13.1 Å². The summed E-state index contributed by atoms with van der Waals surface area (Å²) in [6.45, 7) is 2.33. The van der Waals surface area contributed by atoms with Gasteiger partial charge < -0.3 is 19.7 Å². The minimum Gasteiger partial charge on any atom is -0.395 e. The Hall–Kier alpha value is -3.31. The molecule has 0 saturated carbocycles. The monoisotopic (exact) mass is 490 g/mol. The molecule has 7 nitrogen and oxygen atoms in total. The molecule has 178 valence electrons. The van der Waals surface area contributed by atoms with E-state index in [0.717, 1.165) is 23.3 Å². The molecule has 0 bridgehead atoms. The summed E-state index contributed by atoms with van der Waals surface area (Å²) in [6, 6.07) is 10.3. The van der Waals surface area contributed by atoms with Crippen molar-refractivity contribution in [2.75, 3.05) is 13.1 Å². The van der Waals surface area contributed by atoms with Gasteiger partial charge in [-0.15, -0.1) is 8.78 Å². The van der Waals surface area contributed by atoms with Gasteiger partial charge in [0.1, 0.15) is 5.82 Å². The van der Waals surface area contributed by atoms with E-state index in [0.29, 0.717) is 36.7 Å². The van der Waals surface area contributed by atoms with E-state index < -0.39 is 6.29 Å². The second-order valence-electron chi connectivity index (χ2n) is 7.97. The highest BCUT2D eigenvalue weighted by Crippen LogP contribution is 2.41. The molecule has 5 rings (SSSR count). The SMILES string of the molecule is O=C(/N=c1\sc(CNCc2ccc(F)cc2)cn1-c1ccc2c(c1)OC(F)(F)O2)N1CCCC1. The zero-order valence-corrected chi connectivity index (χ0v) is 18.8. The zero-order chi connectivity index (χ0) is 23.7. The number of benzene rings is 2. The Bertz CT molecular complexity index is 1270. The Morgan fingerprint density at radius 2 is 1.79 bits per heavy atom. The molecule has 3 aromatic rings. The maximum Gasteiger partial charge on any atom is 0.586 e. The summed E-state index contributed by atoms with van der Waals surface area (Å²) in [5.41, 5.74) is 1.44. The molecule has 1 N–H and O–H groups in total. The molecule has 0 atom stereocenters. The first kappa shape index (κ1) is 22.5. The zero-order valence-electron chi connectivity index (χ0n) is 18.0. The molecule has 3 heterocycles. The van der Waals surface area contributed by atoms with Gasteiger partial charge in [-0.3, -0.25) is 4.57 Å². The van der Waals surface area contributed by atoms with Crippen molar-refractivity contribution in [3.63, 3.8) is 0 Å². The van der Waals surface area contributed by atoms with Gasteiger partial charge in [-0.2, -0.15) is 4.99 Å². The van der Waals surface area contributed by atoms with Crippen molar-refractivity contribution in [1.29, 1.82) is 0 Å². The Morgan fingerprint density at radius 3 is 2.56 bits per heavy atom. The van der Waals surface area contributed by atoms with E-state index in [1.807, 2.05) is 0 Å². The average Bonchev–Trinajstić information content (AvgIpc) is 3.52. The maximum absolute atomic E-state index is 13.5. The second kappa shape index (κ2) is 9.15. The number of urea groups is 1. The minimum atomic E-state index is -3.71. The van der Waals surface area contributed by atoms with Crippen molar-refractivity contribution in [2.45, 2.75) is 32.2 Å². The standard InChI is InChI=1S/C23H21F3N4O3S/c24-16-5-3-15(4-6-16)12-27-13-18-14-30(22(34-18)28-21(31)29-9-1-2-10-29)17-7-8-19-20(11-17)33-23(25,26)32-19/h3-8,11,14,27H,1-2,9-10,12-13H2/b28-22-. The molecule has 34 heavy (non-hydrogen) atoms. The lowest BCUT2D eigenvalue weighted by atomic mass is 10.2. The van der Waals surface area contributed by atoms with Gasteiger partial charge in [-0.25, -0.2) is 9.18 Å². The van der Waals surface area contributed by atoms with Crippen LogP contribution in [0.1, 0.15) is 23.3 Å². The summed E-state index contributed by atoms with van der Waals surface area (Å²) < 4.78 is 50.7. The number of nitrogens with one attached hydrogen (secondary N) is 1. The van der Waals surface area contributed by atoms with Crippen LogP contribution in [-0.4, -0.2) is 34.9 Å². The Morgan fingerprint density at radius 1 is 1.06 bits per heavy atom. The number of halogens is 3. The number of carbonyl (C=O) groups is 1. The highest BCUT2D eigenvalue weighted by molar-refractivity contribution is 7.09. The van der Waals surface area contributed by atoms with Crippen LogP contribution >= 0.6 is 11.3 Å². The lowest BCUT2D eigenvalue weighted by Gasteiger charge is -2.10. The Labute approximate surface area is 197 Å². The summed E-state index contributed by atoms with van der Waals surface area (Å²) >= 11 is 1.32. The number of rotatable bonds is 5. The molecule has 0 radical (unpaired) electrons. The summed E-state index contributed by atoms with van der Waals surface area (Å²) in [6.07, 6.45) is -0.0238. The molecular formula is C23H21F3N4O3S. The van der Waals surface area contributed by atoms with E-state index in [2.05, 4.69) is 19.8 Å². The number of likely N-dealkylation sites (tertiary alicyclic amines) is 1. The van der Waals surface area contributed by atoms with E-state index in [4.69, 9.17) is 0 Å². The highest BCUT2D eigenvalue weighted by Gasteiger charge is 2.43. The molecule has 0 aliphatic carbocycles. The maximum atomic E-state index is 13.5. The first-order valence-electron chi connectivity index (χ1n) is 10.8. The van der Waals surface area contributed by atoms with Crippen molar-refractivity contribution in [3.05, 3.63) is 69.7 Å². The van der Waals surface area contributed by atoms with Gasteiger partial charge in [0.2, 0.25) is 0 Å². The van der Waals surface area contributed by atoms with E-state index in [9.17, 15) is 18.0 Å². The number of alkyl halides is 2. The normalized spacial score (nSPS) is 16.9. The molecule has 0 spiro atoms. The lowest BCUT2D eigenvalue weighted by Crippen LogP contribution is -2.27. The quantitative estimate of drug-likeness (QED) is 0.576. The summed E-state index contributed by atoms with van der Waals surface area (Å²) in [7, 11) is 0. The molecule has 2 amide bonds. The molecule has 11 heteroatoms. The largest absolute Gasteiger partial charge is 0.586 e. The number of hydrogen-bond acceptors (Lipinski definition) is 5. The van der Waals surface area contributed by atoms with Crippen molar-refractivity contribution >= 4 is 17.4 Å². The number of hydrogen-bond donors (Lipinski definition) is 1. The third kappa shape index (κ3) is 4.95. The van der Waals surface area contributed by atoms with Crippen LogP contribution in [0.4, 0.5) is 18.0 Å². The fourth-order valence-electron chi connectivity index (χ4n) is 3.82. The van der Waals surface area contributed by atoms with Gasteiger partial charge in [0.15, 0.2) is 16.3 Å². The van der Waals surface area contributed by atoms with E-state index >= 15 is 0 Å². The smallest absolute Gasteiger partial charge is 0.395 e. The molecule has 1 aromatic heterocycles. The van der Waals surface area contributed by atoms with Gasteiger partial charge in [0.05, 0.1) is 5.69 Å². The van der Waals surface area contributed by atoms with E-state index in [-0.39, 0.29) is 23.3 Å². The Balaban J connectivity index is 1.41. The van der Waals surface area contributed by atoms with Crippen LogP contribution in [0.15, 0.2) is 53.7 Å². The molecule has 2 aromatic carbocycles. The molecular weight excluding hydrogens is 469 g/mol. The summed E-state index contributed by atoms with van der Waals surface area (Å²) in [5.74, 6) is -0.440. The average molecular weight is 491 g/mol. The molecule has 1 saturated heterocycles. The lowest BCUT2D eigenvalue weighted by molar-refractivity contribution is -0.286. The topological polar surface area (TPSA) is 68.1 Å². The number of carbonyl (C=O) groups excluding carboxylic acids is 1. The van der Waals surface area contributed by atoms with E-state index in [1.54, 1.807) is 33.9 Å². The van der Waals surface area contributed by atoms with Gasteiger partial charge in [0, 0.05) is 43.3 Å². The summed E-state index contributed by atoms with van der Waals surface area (Å²) in [4.78, 5) is 20.0. The third-order valence-corrected chi connectivity index (χ3v) is 6.46. The van der Waals surface area contributed by atoms with Gasteiger partial charge in [0.25, 0.3) is 0 Å². The van der Waals surface area contributed by atoms with Crippen molar-refractivity contribution < 1.29 is 27.4 Å². The first-order valence-corrected chi connectivity index (χ1v) is 11.6. The van der Waals surface area contributed by atoms with Crippen LogP contribution in [0.2, 0.25) is 0 Å².